The first-order valence-electron chi connectivity index (χ1n) is 20.5. The molecule has 61 heavy (non-hydrogen) atoms. The van der Waals surface area contributed by atoms with Crippen LogP contribution in [0.25, 0.3) is 111 Å². The Morgan fingerprint density at radius 2 is 0.738 bits per heavy atom. The molecule has 0 unspecified atom stereocenters. The summed E-state index contributed by atoms with van der Waals surface area (Å²) in [4.78, 5) is 0. The Kier molecular flexibility index (Phi) is 9.14. The first-order valence-corrected chi connectivity index (χ1v) is 20.5. The molecule has 0 aliphatic heterocycles. The van der Waals surface area contributed by atoms with Crippen molar-refractivity contribution in [2.45, 2.75) is 0 Å². The van der Waals surface area contributed by atoms with Crippen molar-refractivity contribution in [3.63, 3.8) is 0 Å². The summed E-state index contributed by atoms with van der Waals surface area (Å²) < 4.78 is 6.71. The van der Waals surface area contributed by atoms with Crippen LogP contribution >= 0.6 is 0 Å². The van der Waals surface area contributed by atoms with Crippen LogP contribution in [-0.4, -0.2) is 15.4 Å². The minimum absolute atomic E-state index is 0.733. The van der Waals surface area contributed by atoms with Crippen LogP contribution < -0.4 is 0 Å². The van der Waals surface area contributed by atoms with E-state index in [2.05, 4.69) is 205 Å². The van der Waals surface area contributed by atoms with Crippen LogP contribution in [0, 0.1) is 0 Å². The maximum Gasteiger partial charge on any atom is 0.136 e. The molecule has 11 aromatic rings. The third-order valence-electron chi connectivity index (χ3n) is 11.6. The number of nitrogens with zero attached hydrogens (tertiary/aromatic N) is 3. The van der Waals surface area contributed by atoms with Crippen molar-refractivity contribution in [3.8, 4) is 89.3 Å². The number of fused-ring (bicyclic) bond motifs is 3. The Morgan fingerprint density at radius 3 is 1.39 bits per heavy atom. The fourth-order valence-electron chi connectivity index (χ4n) is 8.90. The first kappa shape index (κ1) is 35.9. The molecule has 4 heteroatoms. The van der Waals surface area contributed by atoms with Gasteiger partial charge in [0.15, 0.2) is 0 Å². The van der Waals surface area contributed by atoms with Gasteiger partial charge in [-0.15, -0.1) is 10.2 Å². The topological polar surface area (TPSA) is 51.8 Å². The Hall–Kier alpha value is -8.21. The van der Waals surface area contributed by atoms with E-state index < -0.39 is 0 Å². The summed E-state index contributed by atoms with van der Waals surface area (Å²) in [6.45, 7) is 0. The molecule has 0 fully saturated rings. The highest BCUT2D eigenvalue weighted by atomic mass is 16.3. The second-order valence-electron chi connectivity index (χ2n) is 15.1. The van der Waals surface area contributed by atoms with E-state index in [4.69, 9.17) is 14.6 Å². The molecule has 2 heterocycles. The molecule has 0 saturated carbocycles. The summed E-state index contributed by atoms with van der Waals surface area (Å²) in [5, 5.41) is 16.6. The summed E-state index contributed by atoms with van der Waals surface area (Å²) in [6, 6.07) is 78.7. The Labute approximate surface area is 354 Å². The number of hydrogen-bond acceptors (Lipinski definition) is 4. The van der Waals surface area contributed by atoms with Crippen molar-refractivity contribution in [3.05, 3.63) is 224 Å². The first-order chi connectivity index (χ1) is 30.3. The third kappa shape index (κ3) is 6.39. The molecule has 0 bridgehead atoms. The van der Waals surface area contributed by atoms with Gasteiger partial charge in [0.05, 0.1) is 0 Å². The highest BCUT2D eigenvalue weighted by molar-refractivity contribution is 6.20. The van der Waals surface area contributed by atoms with E-state index in [1.54, 1.807) is 0 Å². The SMILES string of the molecule is c1ccc(-c2ccccc2-c2ccc3oc4ccccc4c3c2-c2c(-c3ccccc3)cccc2-c2nnnc(-c3ccccc3)c2-c2ccccc2-c2ccccc2)cc1. The Bertz CT molecular complexity index is 3340. The van der Waals surface area contributed by atoms with Crippen molar-refractivity contribution in [2.24, 2.45) is 0 Å². The van der Waals surface area contributed by atoms with Gasteiger partial charge < -0.3 is 4.42 Å². The molecular formula is C57H37N3O. The molecule has 0 radical (unpaired) electrons. The molecule has 4 nitrogen and oxygen atoms in total. The van der Waals surface area contributed by atoms with Crippen LogP contribution in [0.5, 0.6) is 0 Å². The van der Waals surface area contributed by atoms with E-state index in [-0.39, 0.29) is 0 Å². The predicted molar refractivity (Wildman–Crippen MR) is 251 cm³/mol. The lowest BCUT2D eigenvalue weighted by atomic mass is 9.80. The Balaban J connectivity index is 1.32. The highest BCUT2D eigenvalue weighted by Crippen LogP contribution is 2.52. The monoisotopic (exact) mass is 779 g/mol. The van der Waals surface area contributed by atoms with Crippen LogP contribution in [0.2, 0.25) is 0 Å². The minimum Gasteiger partial charge on any atom is -0.456 e. The number of benzene rings is 9. The minimum atomic E-state index is 0.733. The smallest absolute Gasteiger partial charge is 0.136 e. The van der Waals surface area contributed by atoms with Gasteiger partial charge in [-0.1, -0.05) is 206 Å². The third-order valence-corrected chi connectivity index (χ3v) is 11.6. The molecule has 0 N–H and O–H groups in total. The number of para-hydroxylation sites is 1. The van der Waals surface area contributed by atoms with Gasteiger partial charge in [0.25, 0.3) is 0 Å². The van der Waals surface area contributed by atoms with E-state index in [9.17, 15) is 0 Å². The molecule has 0 amide bonds. The second-order valence-corrected chi connectivity index (χ2v) is 15.1. The number of hydrogen-bond donors (Lipinski definition) is 0. The quantitative estimate of drug-likeness (QED) is 0.154. The van der Waals surface area contributed by atoms with Crippen molar-refractivity contribution >= 4 is 21.9 Å². The zero-order valence-electron chi connectivity index (χ0n) is 33.1. The van der Waals surface area contributed by atoms with Gasteiger partial charge in [0.1, 0.15) is 22.6 Å². The summed E-state index contributed by atoms with van der Waals surface area (Å²) in [5.74, 6) is 0. The van der Waals surface area contributed by atoms with Crippen LogP contribution in [0.3, 0.4) is 0 Å². The normalized spacial score (nSPS) is 11.3. The number of aromatic nitrogens is 3. The van der Waals surface area contributed by atoms with Gasteiger partial charge in [-0.3, -0.25) is 0 Å². The van der Waals surface area contributed by atoms with Gasteiger partial charge in [-0.05, 0) is 73.5 Å². The number of furan rings is 1. The number of rotatable bonds is 8. The van der Waals surface area contributed by atoms with Crippen LogP contribution in [0.15, 0.2) is 229 Å². The lowest BCUT2D eigenvalue weighted by Gasteiger charge is -2.23. The fraction of sp³-hybridized carbons (Fsp3) is 0. The largest absolute Gasteiger partial charge is 0.456 e. The molecule has 0 aliphatic rings. The standard InChI is InChI=1S/C57H37N3O/c1-5-20-38(21-6-1)42-28-13-15-30-45(42)47-36-37-51-53(48-32-17-18-35-50(48)61-51)54(47)52-44(40-24-9-3-10-25-40)33-19-34-49(52)57-55(56(58-60-59-57)41-26-11-4-12-27-41)46-31-16-14-29-43(46)39-22-7-2-8-23-39/h1-37H. The van der Waals surface area contributed by atoms with Gasteiger partial charge in [0.2, 0.25) is 0 Å². The molecule has 2 aromatic heterocycles. The fourth-order valence-corrected chi connectivity index (χ4v) is 8.90. The van der Waals surface area contributed by atoms with Crippen LogP contribution in [0.4, 0.5) is 0 Å². The predicted octanol–water partition coefficient (Wildman–Crippen LogP) is 15.1. The van der Waals surface area contributed by atoms with Gasteiger partial charge in [-0.2, -0.15) is 0 Å². The second kappa shape index (κ2) is 15.5. The Morgan fingerprint density at radius 1 is 0.262 bits per heavy atom. The molecule has 9 aromatic carbocycles. The molecule has 0 aliphatic carbocycles. The van der Waals surface area contributed by atoms with Gasteiger partial charge in [-0.25, -0.2) is 0 Å². The van der Waals surface area contributed by atoms with Crippen molar-refractivity contribution in [1.82, 2.24) is 15.4 Å². The average molecular weight is 780 g/mol. The van der Waals surface area contributed by atoms with E-state index in [1.807, 2.05) is 24.3 Å². The van der Waals surface area contributed by atoms with E-state index in [0.29, 0.717) is 0 Å². The molecule has 0 atom stereocenters. The van der Waals surface area contributed by atoms with Crippen molar-refractivity contribution in [2.75, 3.05) is 0 Å². The zero-order chi connectivity index (χ0) is 40.5. The molecule has 286 valence electrons. The zero-order valence-corrected chi connectivity index (χ0v) is 33.1. The average Bonchev–Trinajstić information content (AvgIpc) is 3.73. The highest BCUT2D eigenvalue weighted by Gasteiger charge is 2.28. The van der Waals surface area contributed by atoms with Gasteiger partial charge in [0, 0.05) is 38.6 Å². The summed E-state index contributed by atoms with van der Waals surface area (Å²) in [7, 11) is 0. The molecule has 11 rings (SSSR count). The lowest BCUT2D eigenvalue weighted by Crippen LogP contribution is -2.03. The molecular weight excluding hydrogens is 743 g/mol. The van der Waals surface area contributed by atoms with E-state index >= 15 is 0 Å². The summed E-state index contributed by atoms with van der Waals surface area (Å²) >= 11 is 0. The van der Waals surface area contributed by atoms with Crippen molar-refractivity contribution in [1.29, 1.82) is 0 Å². The van der Waals surface area contributed by atoms with Crippen LogP contribution in [0.1, 0.15) is 0 Å². The summed E-state index contributed by atoms with van der Waals surface area (Å²) in [6.07, 6.45) is 0. The van der Waals surface area contributed by atoms with Gasteiger partial charge >= 0.3 is 0 Å². The lowest BCUT2D eigenvalue weighted by molar-refractivity contribution is 0.669. The maximum atomic E-state index is 6.71. The van der Waals surface area contributed by atoms with Crippen molar-refractivity contribution < 1.29 is 4.42 Å². The molecule has 0 spiro atoms. The van der Waals surface area contributed by atoms with Crippen LogP contribution in [-0.2, 0) is 0 Å². The van der Waals surface area contributed by atoms with E-state index in [1.165, 1.54) is 0 Å². The van der Waals surface area contributed by atoms with E-state index in [0.717, 1.165) is 111 Å². The molecule has 0 saturated heterocycles. The summed E-state index contributed by atoms with van der Waals surface area (Å²) in [5.41, 5.74) is 17.9. The maximum absolute atomic E-state index is 6.71.